The van der Waals surface area contributed by atoms with Gasteiger partial charge in [-0.1, -0.05) is 11.6 Å². The van der Waals surface area contributed by atoms with Crippen molar-refractivity contribution in [3.8, 4) is 5.75 Å². The molecule has 3 N–H and O–H groups in total. The second kappa shape index (κ2) is 5.24. The molecule has 0 aliphatic heterocycles. The molecule has 0 saturated heterocycles. The van der Waals surface area contributed by atoms with E-state index < -0.39 is 0 Å². The largest absolute Gasteiger partial charge is 0.497 e. The molecule has 0 bridgehead atoms. The lowest BCUT2D eigenvalue weighted by Gasteiger charge is -2.04. The summed E-state index contributed by atoms with van der Waals surface area (Å²) in [4.78, 5) is 0. The van der Waals surface area contributed by atoms with Gasteiger partial charge in [0.15, 0.2) is 0 Å². The molecule has 68 valence electrons. The minimum Gasteiger partial charge on any atom is -0.497 e. The van der Waals surface area contributed by atoms with Crippen molar-refractivity contribution in [3.63, 3.8) is 0 Å². The van der Waals surface area contributed by atoms with Crippen LogP contribution in [0.2, 0.25) is 5.02 Å². The topological polar surface area (TPSA) is 47.3 Å². The van der Waals surface area contributed by atoms with Gasteiger partial charge in [-0.3, -0.25) is 5.84 Å². The molecule has 3 nitrogen and oxygen atoms in total. The highest BCUT2D eigenvalue weighted by Crippen LogP contribution is 2.25. The molecule has 0 heterocycles. The maximum absolute atomic E-state index is 5.76. The lowest BCUT2D eigenvalue weighted by Crippen LogP contribution is -2.07. The zero-order chi connectivity index (χ0) is 8.27. The van der Waals surface area contributed by atoms with Crippen molar-refractivity contribution < 1.29 is 4.74 Å². The van der Waals surface area contributed by atoms with Crippen LogP contribution < -0.4 is 16.0 Å². The average Bonchev–Trinajstić information content (AvgIpc) is 2.05. The van der Waals surface area contributed by atoms with Gasteiger partial charge in [0.1, 0.15) is 5.75 Å². The summed E-state index contributed by atoms with van der Waals surface area (Å²) in [5.74, 6) is 5.91. The zero-order valence-corrected chi connectivity index (χ0v) is 8.97. The molecular weight excluding hydrogens is 243 g/mol. The molecule has 1 rings (SSSR count). The first kappa shape index (κ1) is 11.6. The third-order valence-corrected chi connectivity index (χ3v) is 1.66. The molecule has 0 radical (unpaired) electrons. The van der Waals surface area contributed by atoms with Gasteiger partial charge in [0, 0.05) is 6.07 Å². The zero-order valence-electron chi connectivity index (χ0n) is 6.50. The number of methoxy groups -OCH3 is 1. The number of hydrazine groups is 1. The molecule has 5 heteroatoms. The second-order valence-electron chi connectivity index (χ2n) is 1.99. The summed E-state index contributed by atoms with van der Waals surface area (Å²) in [6.07, 6.45) is 0. The van der Waals surface area contributed by atoms with Gasteiger partial charge in [0.05, 0.1) is 17.8 Å². The van der Waals surface area contributed by atoms with Crippen molar-refractivity contribution in [2.75, 3.05) is 12.5 Å². The molecule has 0 spiro atoms. The Kier molecular flexibility index (Phi) is 5.04. The van der Waals surface area contributed by atoms with Crippen LogP contribution in [-0.2, 0) is 0 Å². The van der Waals surface area contributed by atoms with E-state index in [1.54, 1.807) is 25.3 Å². The predicted octanol–water partition coefficient (Wildman–Crippen LogP) is 2.21. The fraction of sp³-hybridized carbons (Fsp3) is 0.143. The van der Waals surface area contributed by atoms with E-state index in [4.69, 9.17) is 22.2 Å². The Hall–Kier alpha value is -0.450. The van der Waals surface area contributed by atoms with Gasteiger partial charge in [-0.25, -0.2) is 0 Å². The lowest BCUT2D eigenvalue weighted by molar-refractivity contribution is 0.415. The molecule has 1 aromatic carbocycles. The Balaban J connectivity index is 0.00000121. The van der Waals surface area contributed by atoms with Crippen LogP contribution in [-0.4, -0.2) is 7.11 Å². The number of nitrogens with one attached hydrogen (secondary N) is 1. The van der Waals surface area contributed by atoms with E-state index in [9.17, 15) is 0 Å². The van der Waals surface area contributed by atoms with Gasteiger partial charge < -0.3 is 10.2 Å². The summed E-state index contributed by atoms with van der Waals surface area (Å²) in [6.45, 7) is 0. The van der Waals surface area contributed by atoms with Gasteiger partial charge in [-0.05, 0) is 12.1 Å². The number of nitrogen functional groups attached to an aromatic ring is 1. The van der Waals surface area contributed by atoms with Gasteiger partial charge in [0.2, 0.25) is 0 Å². The predicted molar refractivity (Wildman–Crippen MR) is 56.1 cm³/mol. The molecule has 0 saturated carbocycles. The molecule has 0 atom stereocenters. The molecule has 0 fully saturated rings. The van der Waals surface area contributed by atoms with Gasteiger partial charge >= 0.3 is 0 Å². The molecule has 0 aliphatic rings. The number of hydrogen-bond donors (Lipinski definition) is 2. The summed E-state index contributed by atoms with van der Waals surface area (Å²) in [6, 6.07) is 5.21. The van der Waals surface area contributed by atoms with Gasteiger partial charge in [-0.2, -0.15) is 0 Å². The maximum atomic E-state index is 5.76. The Labute approximate surface area is 86.6 Å². The van der Waals surface area contributed by atoms with E-state index in [-0.39, 0.29) is 17.0 Å². The fourth-order valence-corrected chi connectivity index (χ4v) is 0.914. The Morgan fingerprint density at radius 3 is 2.67 bits per heavy atom. The van der Waals surface area contributed by atoms with Crippen LogP contribution in [0.15, 0.2) is 18.2 Å². The monoisotopic (exact) mass is 252 g/mol. The van der Waals surface area contributed by atoms with Crippen molar-refractivity contribution in [1.29, 1.82) is 0 Å². The van der Waals surface area contributed by atoms with Crippen molar-refractivity contribution >= 4 is 34.3 Å². The van der Waals surface area contributed by atoms with E-state index in [0.717, 1.165) is 5.75 Å². The minimum atomic E-state index is 0. The van der Waals surface area contributed by atoms with Gasteiger partial charge in [-0.15, -0.1) is 17.0 Å². The molecule has 0 aliphatic carbocycles. The Morgan fingerprint density at radius 2 is 2.17 bits per heavy atom. The summed E-state index contributed by atoms with van der Waals surface area (Å²) >= 11 is 5.76. The van der Waals surface area contributed by atoms with E-state index >= 15 is 0 Å². The van der Waals surface area contributed by atoms with E-state index in [1.807, 2.05) is 0 Å². The molecule has 1 aromatic rings. The van der Waals surface area contributed by atoms with Crippen molar-refractivity contribution in [1.82, 2.24) is 0 Å². The molecule has 0 unspecified atom stereocenters. The van der Waals surface area contributed by atoms with Crippen molar-refractivity contribution in [2.24, 2.45) is 5.84 Å². The highest BCUT2D eigenvalue weighted by Gasteiger charge is 1.98. The lowest BCUT2D eigenvalue weighted by atomic mass is 10.3. The third kappa shape index (κ3) is 2.55. The van der Waals surface area contributed by atoms with Crippen LogP contribution in [0.25, 0.3) is 0 Å². The Bertz CT molecular complexity index is 257. The summed E-state index contributed by atoms with van der Waals surface area (Å²) in [7, 11) is 1.59. The third-order valence-electron chi connectivity index (χ3n) is 1.33. The number of nitrogens with two attached hydrogens (primary N) is 1. The first-order valence-corrected chi connectivity index (χ1v) is 3.46. The van der Waals surface area contributed by atoms with Crippen LogP contribution in [0.4, 0.5) is 5.69 Å². The average molecular weight is 254 g/mol. The summed E-state index contributed by atoms with van der Waals surface area (Å²) in [5.41, 5.74) is 3.12. The van der Waals surface area contributed by atoms with E-state index in [2.05, 4.69) is 5.43 Å². The summed E-state index contributed by atoms with van der Waals surface area (Å²) < 4.78 is 4.96. The maximum Gasteiger partial charge on any atom is 0.121 e. The number of rotatable bonds is 2. The molecule has 0 amide bonds. The molecular formula is C7H10BrClN2O. The van der Waals surface area contributed by atoms with Crippen LogP contribution in [0.3, 0.4) is 0 Å². The number of benzene rings is 1. The number of ether oxygens (including phenoxy) is 1. The standard InChI is InChI=1S/C7H9ClN2O.BrH/c1-11-5-2-3-6(8)7(4-5)10-9;/h2-4,10H,9H2,1H3;1H. The van der Waals surface area contributed by atoms with Crippen molar-refractivity contribution in [3.05, 3.63) is 23.2 Å². The minimum absolute atomic E-state index is 0. The quantitative estimate of drug-likeness (QED) is 0.627. The highest BCUT2D eigenvalue weighted by atomic mass is 79.9. The van der Waals surface area contributed by atoms with Crippen LogP contribution in [0, 0.1) is 0 Å². The smallest absolute Gasteiger partial charge is 0.121 e. The van der Waals surface area contributed by atoms with Crippen molar-refractivity contribution in [2.45, 2.75) is 0 Å². The second-order valence-corrected chi connectivity index (χ2v) is 2.40. The number of anilines is 1. The van der Waals surface area contributed by atoms with Gasteiger partial charge in [0.25, 0.3) is 0 Å². The van der Waals surface area contributed by atoms with E-state index in [0.29, 0.717) is 10.7 Å². The number of halogens is 2. The molecule has 12 heavy (non-hydrogen) atoms. The van der Waals surface area contributed by atoms with Crippen LogP contribution in [0.1, 0.15) is 0 Å². The van der Waals surface area contributed by atoms with E-state index in [1.165, 1.54) is 0 Å². The fourth-order valence-electron chi connectivity index (χ4n) is 0.742. The first-order valence-electron chi connectivity index (χ1n) is 3.08. The highest BCUT2D eigenvalue weighted by molar-refractivity contribution is 8.93. The normalized spacial score (nSPS) is 8.58. The first-order chi connectivity index (χ1) is 5.27. The molecule has 0 aromatic heterocycles. The SMILES string of the molecule is Br.COc1ccc(Cl)c(NN)c1. The number of hydrogen-bond acceptors (Lipinski definition) is 3. The summed E-state index contributed by atoms with van der Waals surface area (Å²) in [5, 5.41) is 0.577. The Morgan fingerprint density at radius 1 is 1.50 bits per heavy atom. The van der Waals surface area contributed by atoms with Crippen LogP contribution >= 0.6 is 28.6 Å². The van der Waals surface area contributed by atoms with Crippen LogP contribution in [0.5, 0.6) is 5.75 Å².